The monoisotopic (exact) mass is 415 g/mol. The van der Waals surface area contributed by atoms with E-state index in [9.17, 15) is 9.59 Å². The lowest BCUT2D eigenvalue weighted by atomic mass is 10.1. The fraction of sp³-hybridized carbons (Fsp3) is 0.278. The molecule has 0 atom stereocenters. The lowest BCUT2D eigenvalue weighted by Crippen LogP contribution is -2.44. The molecule has 0 spiro atoms. The van der Waals surface area contributed by atoms with Crippen molar-refractivity contribution >= 4 is 38.8 Å². The Bertz CT molecular complexity index is 1200. The van der Waals surface area contributed by atoms with Gasteiger partial charge in [0.25, 0.3) is 5.56 Å². The van der Waals surface area contributed by atoms with E-state index in [1.807, 2.05) is 22.9 Å². The summed E-state index contributed by atoms with van der Waals surface area (Å²) in [6.45, 7) is 5.07. The molecule has 4 heterocycles. The second kappa shape index (κ2) is 6.95. The van der Waals surface area contributed by atoms with Crippen molar-refractivity contribution < 1.29 is 9.32 Å². The summed E-state index contributed by atoms with van der Waals surface area (Å²) < 4.78 is 6.30. The highest BCUT2D eigenvalue weighted by Crippen LogP contribution is 2.33. The number of carbonyl (C=O) groups is 1. The average molecular weight is 416 g/mol. The molecule has 4 aromatic heterocycles. The van der Waals surface area contributed by atoms with E-state index in [4.69, 9.17) is 4.52 Å². The average Bonchev–Trinajstić information content (AvgIpc) is 3.36. The Kier molecular flexibility index (Phi) is 4.60. The molecule has 28 heavy (non-hydrogen) atoms. The highest BCUT2D eigenvalue weighted by Gasteiger charge is 2.28. The molecule has 0 radical (unpaired) electrons. The Morgan fingerprint density at radius 2 is 2.18 bits per heavy atom. The Hall–Kier alpha value is -2.85. The Balaban J connectivity index is 1.61. The molecular formula is C18H17N5O3S2. The first kappa shape index (κ1) is 18.5. The molecular weight excluding hydrogens is 398 g/mol. The topological polar surface area (TPSA) is 103 Å². The molecule has 144 valence electrons. The van der Waals surface area contributed by atoms with Gasteiger partial charge in [-0.2, -0.15) is 4.98 Å². The van der Waals surface area contributed by atoms with Crippen LogP contribution in [0.25, 0.3) is 20.7 Å². The Morgan fingerprint density at radius 3 is 2.86 bits per heavy atom. The van der Waals surface area contributed by atoms with E-state index < -0.39 is 5.54 Å². The first-order valence-electron chi connectivity index (χ1n) is 8.47. The summed E-state index contributed by atoms with van der Waals surface area (Å²) in [7, 11) is 0. The second-order valence-electron chi connectivity index (χ2n) is 6.79. The number of aryl methyl sites for hydroxylation is 1. The quantitative estimate of drug-likeness (QED) is 0.538. The van der Waals surface area contributed by atoms with Crippen molar-refractivity contribution in [1.82, 2.24) is 25.0 Å². The molecule has 0 saturated carbocycles. The molecule has 0 unspecified atom stereocenters. The lowest BCUT2D eigenvalue weighted by Gasteiger charge is -2.22. The van der Waals surface area contributed by atoms with E-state index >= 15 is 0 Å². The van der Waals surface area contributed by atoms with Crippen LogP contribution in [0.3, 0.4) is 0 Å². The van der Waals surface area contributed by atoms with Gasteiger partial charge in [0, 0.05) is 22.7 Å². The van der Waals surface area contributed by atoms with Crippen molar-refractivity contribution in [2.75, 3.05) is 0 Å². The highest BCUT2D eigenvalue weighted by atomic mass is 32.1. The van der Waals surface area contributed by atoms with Crippen LogP contribution in [0.4, 0.5) is 0 Å². The van der Waals surface area contributed by atoms with E-state index in [2.05, 4.69) is 20.4 Å². The molecule has 0 aliphatic carbocycles. The molecule has 4 aromatic rings. The van der Waals surface area contributed by atoms with E-state index in [-0.39, 0.29) is 18.0 Å². The summed E-state index contributed by atoms with van der Waals surface area (Å²) in [5, 5.41) is 11.1. The molecule has 0 aliphatic rings. The zero-order valence-corrected chi connectivity index (χ0v) is 17.1. The number of carbonyl (C=O) groups excluding carboxylic acids is 1. The van der Waals surface area contributed by atoms with Gasteiger partial charge in [0.05, 0.1) is 17.3 Å². The molecule has 0 saturated heterocycles. The van der Waals surface area contributed by atoms with E-state index in [1.54, 1.807) is 32.1 Å². The van der Waals surface area contributed by atoms with Gasteiger partial charge in [-0.25, -0.2) is 4.98 Å². The van der Waals surface area contributed by atoms with Gasteiger partial charge >= 0.3 is 0 Å². The number of fused-ring (bicyclic) bond motifs is 1. The number of nitrogens with zero attached hydrogens (tertiary/aromatic N) is 4. The standard InChI is InChI=1S/C18H17N5O3S2/c1-10-20-17(22-26-10)18(2,3)21-13(24)7-23-9-19-15-14(16(23)25)11(8-28-15)12-5-4-6-27-12/h4-6,8-9H,7H2,1-3H3,(H,21,24). The molecule has 4 rings (SSSR count). The third kappa shape index (κ3) is 3.36. The van der Waals surface area contributed by atoms with Crippen molar-refractivity contribution in [3.05, 3.63) is 51.3 Å². The minimum atomic E-state index is -0.833. The Morgan fingerprint density at radius 1 is 1.36 bits per heavy atom. The summed E-state index contributed by atoms with van der Waals surface area (Å²) in [5.74, 6) is 0.447. The number of nitrogens with one attached hydrogen (secondary N) is 1. The van der Waals surface area contributed by atoms with Crippen LogP contribution in [0.15, 0.2) is 38.5 Å². The summed E-state index contributed by atoms with van der Waals surface area (Å²) >= 11 is 2.98. The highest BCUT2D eigenvalue weighted by molar-refractivity contribution is 7.18. The molecule has 0 aromatic carbocycles. The largest absolute Gasteiger partial charge is 0.342 e. The van der Waals surface area contributed by atoms with Crippen LogP contribution in [0.2, 0.25) is 0 Å². The predicted molar refractivity (Wildman–Crippen MR) is 107 cm³/mol. The van der Waals surface area contributed by atoms with Gasteiger partial charge in [0.1, 0.15) is 11.4 Å². The van der Waals surface area contributed by atoms with Crippen LogP contribution in [-0.2, 0) is 16.9 Å². The third-order valence-electron chi connectivity index (χ3n) is 4.20. The van der Waals surface area contributed by atoms with Gasteiger partial charge in [-0.1, -0.05) is 11.2 Å². The zero-order valence-electron chi connectivity index (χ0n) is 15.4. The third-order valence-corrected chi connectivity index (χ3v) is 5.99. The first-order chi connectivity index (χ1) is 13.3. The van der Waals surface area contributed by atoms with Crippen LogP contribution in [0.5, 0.6) is 0 Å². The summed E-state index contributed by atoms with van der Waals surface area (Å²) in [6, 6.07) is 3.90. The summed E-state index contributed by atoms with van der Waals surface area (Å²) in [4.78, 5) is 35.7. The van der Waals surface area contributed by atoms with E-state index in [1.165, 1.54) is 22.2 Å². The summed E-state index contributed by atoms with van der Waals surface area (Å²) in [5.41, 5.74) is -0.219. The van der Waals surface area contributed by atoms with Crippen LogP contribution in [0, 0.1) is 6.92 Å². The molecule has 8 nitrogen and oxygen atoms in total. The number of thiophene rings is 2. The second-order valence-corrected chi connectivity index (χ2v) is 8.60. The van der Waals surface area contributed by atoms with Crippen LogP contribution >= 0.6 is 22.7 Å². The molecule has 1 N–H and O–H groups in total. The van der Waals surface area contributed by atoms with Gasteiger partial charge in [-0.15, -0.1) is 22.7 Å². The minimum Gasteiger partial charge on any atom is -0.342 e. The number of aromatic nitrogens is 4. The van der Waals surface area contributed by atoms with Crippen molar-refractivity contribution in [2.24, 2.45) is 0 Å². The minimum absolute atomic E-state index is 0.151. The van der Waals surface area contributed by atoms with Crippen LogP contribution in [-0.4, -0.2) is 25.6 Å². The van der Waals surface area contributed by atoms with Gasteiger partial charge in [-0.05, 0) is 25.3 Å². The van der Waals surface area contributed by atoms with Gasteiger partial charge in [-0.3, -0.25) is 14.2 Å². The number of amides is 1. The van der Waals surface area contributed by atoms with Crippen molar-refractivity contribution in [3.63, 3.8) is 0 Å². The normalized spacial score (nSPS) is 11.8. The maximum Gasteiger partial charge on any atom is 0.263 e. The van der Waals surface area contributed by atoms with Crippen molar-refractivity contribution in [2.45, 2.75) is 32.9 Å². The van der Waals surface area contributed by atoms with E-state index in [0.717, 1.165) is 10.4 Å². The molecule has 1 amide bonds. The lowest BCUT2D eigenvalue weighted by molar-refractivity contribution is -0.123. The van der Waals surface area contributed by atoms with Crippen LogP contribution < -0.4 is 10.9 Å². The van der Waals surface area contributed by atoms with Crippen molar-refractivity contribution in [1.29, 1.82) is 0 Å². The SMILES string of the molecule is Cc1nc(C(C)(C)NC(=O)Cn2cnc3scc(-c4cccs4)c3c2=O)no1. The zero-order chi connectivity index (χ0) is 19.9. The number of hydrogen-bond donors (Lipinski definition) is 1. The maximum absolute atomic E-state index is 13.0. The van der Waals surface area contributed by atoms with Gasteiger partial charge in [0.15, 0.2) is 5.82 Å². The van der Waals surface area contributed by atoms with Crippen LogP contribution in [0.1, 0.15) is 25.6 Å². The van der Waals surface area contributed by atoms with Crippen molar-refractivity contribution in [3.8, 4) is 10.4 Å². The van der Waals surface area contributed by atoms with Gasteiger partial charge < -0.3 is 9.84 Å². The first-order valence-corrected chi connectivity index (χ1v) is 10.2. The Labute approximate surface area is 167 Å². The number of hydrogen-bond acceptors (Lipinski definition) is 8. The summed E-state index contributed by atoms with van der Waals surface area (Å²) in [6.07, 6.45) is 1.41. The fourth-order valence-electron chi connectivity index (χ4n) is 2.85. The molecule has 10 heteroatoms. The molecule has 0 fully saturated rings. The number of rotatable bonds is 5. The smallest absolute Gasteiger partial charge is 0.263 e. The fourth-order valence-corrected chi connectivity index (χ4v) is 4.57. The van der Waals surface area contributed by atoms with Gasteiger partial charge in [0.2, 0.25) is 11.8 Å². The molecule has 0 aliphatic heterocycles. The molecule has 0 bridgehead atoms. The predicted octanol–water partition coefficient (Wildman–Crippen LogP) is 2.93. The maximum atomic E-state index is 13.0. The van der Waals surface area contributed by atoms with E-state index in [0.29, 0.717) is 21.9 Å².